The van der Waals surface area contributed by atoms with Gasteiger partial charge >= 0.3 is 8.18 Å². The molecule has 2 fully saturated rings. The molecule has 0 aromatic carbocycles. The highest BCUT2D eigenvalue weighted by Gasteiger charge is 2.53. The van der Waals surface area contributed by atoms with Crippen molar-refractivity contribution in [3.8, 4) is 0 Å². The number of halogens is 2. The zero-order chi connectivity index (χ0) is 24.0. The van der Waals surface area contributed by atoms with Gasteiger partial charge in [0.05, 0.1) is 26.3 Å². The minimum atomic E-state index is -2.56. The summed E-state index contributed by atoms with van der Waals surface area (Å²) >= 11 is 11.3. The normalized spacial score (nSPS) is 41.1. The average molecular weight is 529 g/mol. The summed E-state index contributed by atoms with van der Waals surface area (Å²) in [4.78, 5) is 0. The molecule has 16 heteroatoms. The molecule has 0 amide bonds. The van der Waals surface area contributed by atoms with Crippen LogP contribution in [0, 0.1) is 0 Å². The maximum atomic E-state index is 12.5. The van der Waals surface area contributed by atoms with Crippen molar-refractivity contribution in [2.45, 2.75) is 61.4 Å². The third-order valence-corrected chi connectivity index (χ3v) is 6.66. The third-order valence-electron chi connectivity index (χ3n) is 5.07. The zero-order valence-electron chi connectivity index (χ0n) is 16.8. The molecule has 2 aliphatic heterocycles. The van der Waals surface area contributed by atoms with Crippen LogP contribution in [0.1, 0.15) is 0 Å². The van der Waals surface area contributed by atoms with E-state index in [4.69, 9.17) is 41.9 Å². The second kappa shape index (κ2) is 13.3. The van der Waals surface area contributed by atoms with Gasteiger partial charge in [-0.15, -0.1) is 23.2 Å². The molecule has 1 unspecified atom stereocenters. The smallest absolute Gasteiger partial charge is 0.394 e. The first kappa shape index (κ1) is 28.4. The summed E-state index contributed by atoms with van der Waals surface area (Å²) in [5.74, 6) is 0.263. The van der Waals surface area contributed by atoms with Crippen molar-refractivity contribution in [2.24, 2.45) is 0 Å². The molecule has 0 aliphatic carbocycles. The van der Waals surface area contributed by atoms with E-state index in [9.17, 15) is 40.3 Å². The van der Waals surface area contributed by atoms with Gasteiger partial charge in [0.1, 0.15) is 48.8 Å². The summed E-state index contributed by atoms with van der Waals surface area (Å²) in [6.45, 7) is -1.11. The lowest BCUT2D eigenvalue weighted by atomic mass is 9.97. The highest BCUT2D eigenvalue weighted by molar-refractivity contribution is 7.36. The van der Waals surface area contributed by atoms with Gasteiger partial charge in [-0.3, -0.25) is 0 Å². The number of alkyl halides is 2. The summed E-state index contributed by atoms with van der Waals surface area (Å²) in [5.41, 5.74) is 0. The summed E-state index contributed by atoms with van der Waals surface area (Å²) in [7, 11) is -2.56. The summed E-state index contributed by atoms with van der Waals surface area (Å²) in [6, 6.07) is 0. The molecule has 2 rings (SSSR count). The zero-order valence-corrected chi connectivity index (χ0v) is 19.2. The van der Waals surface area contributed by atoms with Crippen LogP contribution in [-0.4, -0.2) is 140 Å². The molecule has 0 aromatic rings. The van der Waals surface area contributed by atoms with Crippen LogP contribution in [0.3, 0.4) is 0 Å². The van der Waals surface area contributed by atoms with Gasteiger partial charge in [0.15, 0.2) is 6.29 Å². The first-order chi connectivity index (χ1) is 15.2. The van der Waals surface area contributed by atoms with Crippen molar-refractivity contribution < 1.29 is 59.0 Å². The van der Waals surface area contributed by atoms with Crippen LogP contribution in [0.5, 0.6) is 0 Å². The SMILES string of the molecule is O=[P+](O[C@@H]1O[C@H](CO)[C@@H](O[C@@H]2O[C@H](CO)[C@H](O)[C@H](O)[C@H]2O)[C@H](O)[C@H]1O)N(CCCl)CCCl. The van der Waals surface area contributed by atoms with Gasteiger partial charge in [-0.05, 0) is 4.57 Å². The van der Waals surface area contributed by atoms with E-state index in [-0.39, 0.29) is 24.8 Å². The topological polar surface area (TPSA) is 199 Å². The molecule has 0 spiro atoms. The predicted octanol–water partition coefficient (Wildman–Crippen LogP) is -2.94. The fraction of sp³-hybridized carbons (Fsp3) is 1.00. The standard InChI is InChI=1S/C16H29Cl2NO12P/c17-1-3-19(4-2-18)32(27)31-16-13(26)11(24)14(8(6-21)29-16)30-15-12(25)10(23)9(22)7(5-20)28-15/h7-16,20-26H,1-6H2/q+1/t7-,8-,9+,10+,11-,12-,13-,14-,15+,16+/m1/s1. The molecule has 0 bridgehead atoms. The Morgan fingerprint density at radius 3 is 1.84 bits per heavy atom. The molecule has 2 heterocycles. The van der Waals surface area contributed by atoms with Crippen molar-refractivity contribution in [3.63, 3.8) is 0 Å². The molecular formula is C16H29Cl2NO12P+. The van der Waals surface area contributed by atoms with Crippen LogP contribution in [0.25, 0.3) is 0 Å². The molecule has 32 heavy (non-hydrogen) atoms. The molecule has 0 radical (unpaired) electrons. The van der Waals surface area contributed by atoms with Crippen molar-refractivity contribution in [2.75, 3.05) is 38.1 Å². The highest BCUT2D eigenvalue weighted by Crippen LogP contribution is 2.36. The molecule has 2 saturated heterocycles. The van der Waals surface area contributed by atoms with Gasteiger partial charge in [-0.25, -0.2) is 0 Å². The maximum Gasteiger partial charge on any atom is 0.618 e. The van der Waals surface area contributed by atoms with Gasteiger partial charge in [0.2, 0.25) is 6.29 Å². The summed E-state index contributed by atoms with van der Waals surface area (Å²) in [5, 5.41) is 69.7. The first-order valence-corrected chi connectivity index (χ1v) is 12.0. The molecule has 11 atom stereocenters. The Balaban J connectivity index is 2.09. The van der Waals surface area contributed by atoms with E-state index in [0.29, 0.717) is 0 Å². The van der Waals surface area contributed by atoms with Crippen LogP contribution in [0.4, 0.5) is 0 Å². The number of ether oxygens (including phenoxy) is 3. The Hall–Kier alpha value is 0.200. The van der Waals surface area contributed by atoms with E-state index >= 15 is 0 Å². The first-order valence-electron chi connectivity index (χ1n) is 9.79. The molecule has 13 nitrogen and oxygen atoms in total. The molecule has 188 valence electrons. The minimum Gasteiger partial charge on any atom is -0.394 e. The lowest BCUT2D eigenvalue weighted by Crippen LogP contribution is -2.64. The van der Waals surface area contributed by atoms with Gasteiger partial charge in [0, 0.05) is 11.8 Å². The number of aliphatic hydroxyl groups excluding tert-OH is 7. The highest BCUT2D eigenvalue weighted by atomic mass is 35.5. The van der Waals surface area contributed by atoms with Crippen LogP contribution >= 0.6 is 31.4 Å². The Bertz CT molecular complexity index is 587. The molecule has 2 aliphatic rings. The fourth-order valence-electron chi connectivity index (χ4n) is 3.27. The fourth-order valence-corrected chi connectivity index (χ4v) is 4.92. The maximum absolute atomic E-state index is 12.5. The Labute approximate surface area is 194 Å². The quantitative estimate of drug-likeness (QED) is 0.106. The minimum absolute atomic E-state index is 0.131. The monoisotopic (exact) mass is 528 g/mol. The lowest BCUT2D eigenvalue weighted by molar-refractivity contribution is -0.352. The van der Waals surface area contributed by atoms with E-state index in [2.05, 4.69) is 0 Å². The van der Waals surface area contributed by atoms with Crippen molar-refractivity contribution in [1.29, 1.82) is 0 Å². The van der Waals surface area contributed by atoms with E-state index in [1.54, 1.807) is 0 Å². The number of nitrogens with zero attached hydrogens (tertiary/aromatic N) is 1. The van der Waals surface area contributed by atoms with E-state index < -0.39 is 82.8 Å². The van der Waals surface area contributed by atoms with Crippen LogP contribution in [-0.2, 0) is 23.3 Å². The van der Waals surface area contributed by atoms with Crippen LogP contribution < -0.4 is 0 Å². The number of rotatable bonds is 11. The van der Waals surface area contributed by atoms with Crippen molar-refractivity contribution in [1.82, 2.24) is 4.67 Å². The number of aliphatic hydroxyl groups is 7. The lowest BCUT2D eigenvalue weighted by Gasteiger charge is -2.45. The third kappa shape index (κ3) is 6.66. The molecule has 0 saturated carbocycles. The number of hydrogen-bond donors (Lipinski definition) is 7. The second-order valence-corrected chi connectivity index (χ2v) is 9.19. The van der Waals surface area contributed by atoms with Gasteiger partial charge < -0.3 is 50.0 Å². The Morgan fingerprint density at radius 1 is 0.781 bits per heavy atom. The Morgan fingerprint density at radius 2 is 1.31 bits per heavy atom. The average Bonchev–Trinajstić information content (AvgIpc) is 2.78. The van der Waals surface area contributed by atoms with Gasteiger partial charge in [-0.1, -0.05) is 9.19 Å². The summed E-state index contributed by atoms with van der Waals surface area (Å²) in [6.07, 6.45) is -16.1. The largest absolute Gasteiger partial charge is 0.618 e. The second-order valence-electron chi connectivity index (χ2n) is 7.18. The van der Waals surface area contributed by atoms with Crippen LogP contribution in [0.15, 0.2) is 0 Å². The number of hydrogen-bond acceptors (Lipinski definition) is 12. The van der Waals surface area contributed by atoms with E-state index in [0.717, 1.165) is 0 Å². The Kier molecular flexibility index (Phi) is 11.8. The molecular weight excluding hydrogens is 500 g/mol. The van der Waals surface area contributed by atoms with Crippen LogP contribution in [0.2, 0.25) is 0 Å². The molecule has 0 aromatic heterocycles. The van der Waals surface area contributed by atoms with Gasteiger partial charge in [0.25, 0.3) is 0 Å². The van der Waals surface area contributed by atoms with Crippen molar-refractivity contribution in [3.05, 3.63) is 0 Å². The predicted molar refractivity (Wildman–Crippen MR) is 108 cm³/mol. The van der Waals surface area contributed by atoms with E-state index in [1.807, 2.05) is 0 Å². The summed E-state index contributed by atoms with van der Waals surface area (Å²) < 4.78 is 35.0. The van der Waals surface area contributed by atoms with Gasteiger partial charge in [-0.2, -0.15) is 0 Å². The molecule has 7 N–H and O–H groups in total. The van der Waals surface area contributed by atoms with E-state index in [1.165, 1.54) is 4.67 Å². The van der Waals surface area contributed by atoms with Crippen molar-refractivity contribution >= 4 is 31.4 Å².